The van der Waals surface area contributed by atoms with E-state index in [0.29, 0.717) is 17.7 Å². The highest BCUT2D eigenvalue weighted by Gasteiger charge is 2.42. The van der Waals surface area contributed by atoms with Crippen LogP contribution in [-0.2, 0) is 4.79 Å². The number of rotatable bonds is 4. The molecule has 4 atom stereocenters. The molecule has 1 saturated heterocycles. The summed E-state index contributed by atoms with van der Waals surface area (Å²) in [6.45, 7) is 3.21. The van der Waals surface area contributed by atoms with Gasteiger partial charge >= 0.3 is 0 Å². The molecule has 3 aliphatic rings. The maximum atomic E-state index is 12.2. The molecular formula is C15H26N2O. The van der Waals surface area contributed by atoms with Gasteiger partial charge in [0, 0.05) is 12.5 Å². The van der Waals surface area contributed by atoms with E-state index in [9.17, 15) is 4.79 Å². The Kier molecular flexibility index (Phi) is 3.88. The van der Waals surface area contributed by atoms with Crippen LogP contribution in [0.25, 0.3) is 0 Å². The van der Waals surface area contributed by atoms with Crippen molar-refractivity contribution in [3.63, 3.8) is 0 Å². The van der Waals surface area contributed by atoms with Gasteiger partial charge in [-0.2, -0.15) is 0 Å². The molecule has 1 aliphatic heterocycles. The lowest BCUT2D eigenvalue weighted by Crippen LogP contribution is -2.36. The molecule has 3 nitrogen and oxygen atoms in total. The molecule has 1 heterocycles. The minimum absolute atomic E-state index is 0.353. The third kappa shape index (κ3) is 2.71. The van der Waals surface area contributed by atoms with Crippen LogP contribution in [0.5, 0.6) is 0 Å². The standard InChI is InChI=1S/C15H26N2O/c18-15(14-9-12-3-4-13(14)8-12)17-7-5-11-2-1-6-16-10-11/h11-14,16H,1-10H2,(H,17,18). The SMILES string of the molecule is O=C(NCCC1CCCNC1)C1CC2CCC1C2. The summed E-state index contributed by atoms with van der Waals surface area (Å²) in [5.41, 5.74) is 0. The predicted molar refractivity (Wildman–Crippen MR) is 72.2 cm³/mol. The summed E-state index contributed by atoms with van der Waals surface area (Å²) in [5.74, 6) is 3.07. The van der Waals surface area contributed by atoms with Crippen LogP contribution in [0.3, 0.4) is 0 Å². The van der Waals surface area contributed by atoms with E-state index in [1.807, 2.05) is 0 Å². The van der Waals surface area contributed by atoms with Gasteiger partial charge in [0.1, 0.15) is 0 Å². The maximum absolute atomic E-state index is 12.2. The van der Waals surface area contributed by atoms with Crippen LogP contribution in [0.15, 0.2) is 0 Å². The molecule has 0 aromatic rings. The van der Waals surface area contributed by atoms with Crippen LogP contribution < -0.4 is 10.6 Å². The second-order valence-electron chi connectivity index (χ2n) is 6.57. The van der Waals surface area contributed by atoms with Crippen molar-refractivity contribution in [3.05, 3.63) is 0 Å². The number of carbonyl (C=O) groups is 1. The Balaban J connectivity index is 1.36. The number of hydrogen-bond acceptors (Lipinski definition) is 2. The van der Waals surface area contributed by atoms with Crippen LogP contribution in [0.4, 0.5) is 0 Å². The average Bonchev–Trinajstić information content (AvgIpc) is 3.02. The molecule has 0 radical (unpaired) electrons. The van der Waals surface area contributed by atoms with Gasteiger partial charge in [0.05, 0.1) is 0 Å². The lowest BCUT2D eigenvalue weighted by Gasteiger charge is -2.24. The Morgan fingerprint density at radius 2 is 2.17 bits per heavy atom. The fourth-order valence-electron chi connectivity index (χ4n) is 4.27. The van der Waals surface area contributed by atoms with Gasteiger partial charge in [-0.1, -0.05) is 6.42 Å². The Morgan fingerprint density at radius 3 is 2.83 bits per heavy atom. The molecule has 1 amide bonds. The summed E-state index contributed by atoms with van der Waals surface area (Å²) in [4.78, 5) is 12.2. The third-order valence-electron chi connectivity index (χ3n) is 5.33. The zero-order valence-corrected chi connectivity index (χ0v) is 11.3. The minimum Gasteiger partial charge on any atom is -0.356 e. The van der Waals surface area contributed by atoms with E-state index in [0.717, 1.165) is 31.3 Å². The van der Waals surface area contributed by atoms with Crippen LogP contribution in [-0.4, -0.2) is 25.5 Å². The van der Waals surface area contributed by atoms with Crippen molar-refractivity contribution in [2.75, 3.05) is 19.6 Å². The van der Waals surface area contributed by atoms with Gasteiger partial charge in [-0.3, -0.25) is 4.79 Å². The van der Waals surface area contributed by atoms with E-state index < -0.39 is 0 Å². The molecular weight excluding hydrogens is 224 g/mol. The molecule has 2 N–H and O–H groups in total. The molecule has 2 saturated carbocycles. The highest BCUT2D eigenvalue weighted by atomic mass is 16.1. The van der Waals surface area contributed by atoms with Crippen molar-refractivity contribution >= 4 is 5.91 Å². The monoisotopic (exact) mass is 250 g/mol. The van der Waals surface area contributed by atoms with Crippen molar-refractivity contribution in [2.24, 2.45) is 23.7 Å². The molecule has 3 fully saturated rings. The normalized spacial score (nSPS) is 38.9. The second-order valence-corrected chi connectivity index (χ2v) is 6.57. The van der Waals surface area contributed by atoms with E-state index in [2.05, 4.69) is 10.6 Å². The Hall–Kier alpha value is -0.570. The van der Waals surface area contributed by atoms with Gasteiger partial charge in [-0.25, -0.2) is 0 Å². The zero-order valence-electron chi connectivity index (χ0n) is 11.3. The van der Waals surface area contributed by atoms with Crippen molar-refractivity contribution < 1.29 is 4.79 Å². The molecule has 18 heavy (non-hydrogen) atoms. The summed E-state index contributed by atoms with van der Waals surface area (Å²) in [5, 5.41) is 6.63. The lowest BCUT2D eigenvalue weighted by molar-refractivity contribution is -0.126. The quantitative estimate of drug-likeness (QED) is 0.800. The Morgan fingerprint density at radius 1 is 1.22 bits per heavy atom. The van der Waals surface area contributed by atoms with Gasteiger partial charge in [0.15, 0.2) is 0 Å². The summed E-state index contributed by atoms with van der Waals surface area (Å²) >= 11 is 0. The highest BCUT2D eigenvalue weighted by Crippen LogP contribution is 2.48. The minimum atomic E-state index is 0.353. The summed E-state index contributed by atoms with van der Waals surface area (Å²) in [7, 11) is 0. The first kappa shape index (κ1) is 12.5. The first-order valence-electron chi connectivity index (χ1n) is 7.81. The molecule has 102 valence electrons. The van der Waals surface area contributed by atoms with E-state index in [1.54, 1.807) is 0 Å². The fourth-order valence-corrected chi connectivity index (χ4v) is 4.27. The van der Waals surface area contributed by atoms with E-state index >= 15 is 0 Å². The first-order chi connectivity index (χ1) is 8.83. The second kappa shape index (κ2) is 5.60. The molecule has 4 unspecified atom stereocenters. The van der Waals surface area contributed by atoms with E-state index in [1.165, 1.54) is 45.1 Å². The summed E-state index contributed by atoms with van der Waals surface area (Å²) < 4.78 is 0. The maximum Gasteiger partial charge on any atom is 0.223 e. The van der Waals surface area contributed by atoms with Crippen molar-refractivity contribution in [1.82, 2.24) is 10.6 Å². The van der Waals surface area contributed by atoms with Gasteiger partial charge in [-0.15, -0.1) is 0 Å². The topological polar surface area (TPSA) is 41.1 Å². The molecule has 2 bridgehead atoms. The molecule has 2 aliphatic carbocycles. The number of fused-ring (bicyclic) bond motifs is 2. The van der Waals surface area contributed by atoms with E-state index in [4.69, 9.17) is 0 Å². The number of carbonyl (C=O) groups excluding carboxylic acids is 1. The van der Waals surface area contributed by atoms with E-state index in [-0.39, 0.29) is 0 Å². The molecule has 3 rings (SSSR count). The van der Waals surface area contributed by atoms with Crippen LogP contribution in [0.2, 0.25) is 0 Å². The van der Waals surface area contributed by atoms with Gasteiger partial charge < -0.3 is 10.6 Å². The third-order valence-corrected chi connectivity index (χ3v) is 5.33. The Bertz CT molecular complexity index is 299. The predicted octanol–water partition coefficient (Wildman–Crippen LogP) is 1.93. The van der Waals surface area contributed by atoms with Crippen LogP contribution in [0, 0.1) is 23.7 Å². The first-order valence-corrected chi connectivity index (χ1v) is 7.81. The van der Waals surface area contributed by atoms with Gasteiger partial charge in [0.25, 0.3) is 0 Å². The van der Waals surface area contributed by atoms with Crippen LogP contribution in [0.1, 0.15) is 44.9 Å². The van der Waals surface area contributed by atoms with Gasteiger partial charge in [-0.05, 0) is 69.4 Å². The number of nitrogens with one attached hydrogen (secondary N) is 2. The van der Waals surface area contributed by atoms with Crippen molar-refractivity contribution in [3.8, 4) is 0 Å². The van der Waals surface area contributed by atoms with Crippen molar-refractivity contribution in [1.29, 1.82) is 0 Å². The average molecular weight is 250 g/mol. The van der Waals surface area contributed by atoms with Crippen molar-refractivity contribution in [2.45, 2.75) is 44.9 Å². The zero-order chi connectivity index (χ0) is 12.4. The number of piperidine rings is 1. The molecule has 3 heteroatoms. The number of amides is 1. The molecule has 0 spiro atoms. The fraction of sp³-hybridized carbons (Fsp3) is 0.933. The van der Waals surface area contributed by atoms with Gasteiger partial charge in [0.2, 0.25) is 5.91 Å². The number of hydrogen-bond donors (Lipinski definition) is 2. The molecule has 0 aromatic heterocycles. The van der Waals surface area contributed by atoms with Crippen LogP contribution >= 0.6 is 0 Å². The Labute approximate surface area is 110 Å². The smallest absolute Gasteiger partial charge is 0.223 e. The molecule has 0 aromatic carbocycles. The summed E-state index contributed by atoms with van der Waals surface area (Å²) in [6.07, 6.45) is 8.95. The largest absolute Gasteiger partial charge is 0.356 e. The summed E-state index contributed by atoms with van der Waals surface area (Å²) in [6, 6.07) is 0. The lowest BCUT2D eigenvalue weighted by atomic mass is 9.88. The highest BCUT2D eigenvalue weighted by molar-refractivity contribution is 5.79.